The summed E-state index contributed by atoms with van der Waals surface area (Å²) in [6.45, 7) is 6.06. The van der Waals surface area contributed by atoms with Crippen LogP contribution in [-0.4, -0.2) is 0 Å². The molecule has 0 spiro atoms. The molecule has 0 aliphatic carbocycles. The van der Waals surface area contributed by atoms with E-state index >= 15 is 0 Å². The van der Waals surface area contributed by atoms with Gasteiger partial charge in [-0.1, -0.05) is 50.2 Å². The Hall–Kier alpha value is -1.67. The van der Waals surface area contributed by atoms with Crippen LogP contribution in [0.3, 0.4) is 0 Å². The molecule has 2 aromatic carbocycles. The maximum atomic E-state index is 13.5. The number of benzene rings is 2. The molecule has 0 aliphatic heterocycles. The number of nitrogens with two attached hydrogens (primary N) is 1. The van der Waals surface area contributed by atoms with E-state index < -0.39 is 0 Å². The van der Waals surface area contributed by atoms with E-state index in [1.54, 1.807) is 0 Å². The summed E-state index contributed by atoms with van der Waals surface area (Å²) in [4.78, 5) is 0. The number of hydrogen-bond donors (Lipinski definition) is 1. The molecule has 0 saturated heterocycles. The molecule has 0 bridgehead atoms. The lowest BCUT2D eigenvalue weighted by atomic mass is 9.75. The quantitative estimate of drug-likeness (QED) is 0.879. The van der Waals surface area contributed by atoms with Crippen LogP contribution in [0.4, 0.5) is 4.39 Å². The lowest BCUT2D eigenvalue weighted by molar-refractivity contribution is 0.419. The number of rotatable bonds is 3. The summed E-state index contributed by atoms with van der Waals surface area (Å²) in [5, 5.41) is 0. The summed E-state index contributed by atoms with van der Waals surface area (Å²) in [6, 6.07) is 14.9. The highest BCUT2D eigenvalue weighted by molar-refractivity contribution is 5.33. The van der Waals surface area contributed by atoms with Crippen LogP contribution in [0.25, 0.3) is 0 Å². The van der Waals surface area contributed by atoms with Crippen LogP contribution in [0.2, 0.25) is 0 Å². The first-order valence-corrected chi connectivity index (χ1v) is 6.49. The van der Waals surface area contributed by atoms with Gasteiger partial charge < -0.3 is 5.73 Å². The van der Waals surface area contributed by atoms with Crippen LogP contribution < -0.4 is 5.73 Å². The molecule has 2 aromatic rings. The zero-order valence-corrected chi connectivity index (χ0v) is 11.7. The molecule has 0 amide bonds. The van der Waals surface area contributed by atoms with Crippen molar-refractivity contribution in [2.24, 2.45) is 5.73 Å². The Morgan fingerprint density at radius 3 is 2.26 bits per heavy atom. The zero-order valence-electron chi connectivity index (χ0n) is 11.7. The van der Waals surface area contributed by atoms with Crippen LogP contribution in [0.15, 0.2) is 48.5 Å². The summed E-state index contributed by atoms with van der Waals surface area (Å²) >= 11 is 0. The Balaban J connectivity index is 2.40. The van der Waals surface area contributed by atoms with Gasteiger partial charge in [-0.3, -0.25) is 0 Å². The second-order valence-corrected chi connectivity index (χ2v) is 5.63. The Bertz CT molecular complexity index is 540. The van der Waals surface area contributed by atoms with Gasteiger partial charge in [-0.05, 0) is 35.7 Å². The largest absolute Gasteiger partial charge is 0.323 e. The maximum Gasteiger partial charge on any atom is 0.123 e. The fraction of sp³-hybridized carbons (Fsp3) is 0.294. The first-order chi connectivity index (χ1) is 8.91. The van der Waals surface area contributed by atoms with E-state index in [0.717, 1.165) is 16.7 Å². The van der Waals surface area contributed by atoms with Gasteiger partial charge in [-0.25, -0.2) is 4.39 Å². The molecule has 0 heterocycles. The fourth-order valence-electron chi connectivity index (χ4n) is 2.41. The van der Waals surface area contributed by atoms with Crippen LogP contribution in [0.1, 0.15) is 36.6 Å². The van der Waals surface area contributed by atoms with Crippen molar-refractivity contribution in [1.29, 1.82) is 0 Å². The van der Waals surface area contributed by atoms with Crippen molar-refractivity contribution < 1.29 is 4.39 Å². The van der Waals surface area contributed by atoms with Crippen molar-refractivity contribution in [3.63, 3.8) is 0 Å². The van der Waals surface area contributed by atoms with Crippen molar-refractivity contribution in [3.05, 3.63) is 71.0 Å². The van der Waals surface area contributed by atoms with Gasteiger partial charge in [-0.2, -0.15) is 0 Å². The first-order valence-electron chi connectivity index (χ1n) is 6.49. The van der Waals surface area contributed by atoms with Crippen molar-refractivity contribution in [2.45, 2.75) is 32.2 Å². The van der Waals surface area contributed by atoms with Gasteiger partial charge in [0.15, 0.2) is 0 Å². The Kier molecular flexibility index (Phi) is 3.72. The molecule has 100 valence electrons. The van der Waals surface area contributed by atoms with E-state index in [0.29, 0.717) is 0 Å². The molecule has 2 rings (SSSR count). The van der Waals surface area contributed by atoms with E-state index in [1.165, 1.54) is 12.1 Å². The molecule has 0 saturated carbocycles. The van der Waals surface area contributed by atoms with Gasteiger partial charge in [0.05, 0.1) is 0 Å². The second kappa shape index (κ2) is 5.14. The van der Waals surface area contributed by atoms with E-state index in [2.05, 4.69) is 26.0 Å². The Labute approximate surface area is 114 Å². The molecule has 1 nitrogen and oxygen atoms in total. The minimum atomic E-state index is -0.249. The van der Waals surface area contributed by atoms with E-state index in [-0.39, 0.29) is 17.3 Å². The highest BCUT2D eigenvalue weighted by Crippen LogP contribution is 2.35. The van der Waals surface area contributed by atoms with Gasteiger partial charge in [0, 0.05) is 11.5 Å². The molecule has 19 heavy (non-hydrogen) atoms. The Morgan fingerprint density at radius 2 is 1.68 bits per heavy atom. The normalized spacial score (nSPS) is 13.3. The molecular formula is C17H20FN. The van der Waals surface area contributed by atoms with Crippen LogP contribution in [0.5, 0.6) is 0 Å². The minimum Gasteiger partial charge on any atom is -0.323 e. The second-order valence-electron chi connectivity index (χ2n) is 5.63. The average Bonchev–Trinajstić information content (AvgIpc) is 2.37. The molecule has 0 fully saturated rings. The molecule has 0 radical (unpaired) electrons. The molecule has 0 aromatic heterocycles. The van der Waals surface area contributed by atoms with Crippen LogP contribution in [-0.2, 0) is 5.41 Å². The maximum absolute atomic E-state index is 13.5. The monoisotopic (exact) mass is 257 g/mol. The summed E-state index contributed by atoms with van der Waals surface area (Å²) < 4.78 is 13.5. The zero-order chi connectivity index (χ0) is 14.0. The van der Waals surface area contributed by atoms with Crippen molar-refractivity contribution in [3.8, 4) is 0 Å². The minimum absolute atomic E-state index is 0.227. The van der Waals surface area contributed by atoms with Gasteiger partial charge in [0.2, 0.25) is 0 Å². The van der Waals surface area contributed by atoms with E-state index in [4.69, 9.17) is 5.73 Å². The van der Waals surface area contributed by atoms with Gasteiger partial charge in [0.1, 0.15) is 5.82 Å². The smallest absolute Gasteiger partial charge is 0.123 e. The van der Waals surface area contributed by atoms with E-state index in [9.17, 15) is 4.39 Å². The highest BCUT2D eigenvalue weighted by atomic mass is 19.1. The average molecular weight is 257 g/mol. The topological polar surface area (TPSA) is 26.0 Å². The van der Waals surface area contributed by atoms with Crippen molar-refractivity contribution in [2.75, 3.05) is 0 Å². The van der Waals surface area contributed by atoms with Crippen LogP contribution in [0, 0.1) is 12.7 Å². The predicted molar refractivity (Wildman–Crippen MR) is 77.5 cm³/mol. The SMILES string of the molecule is Cc1cc(F)cc(C(N)C(C)(C)c2ccccc2)c1. The third-order valence-electron chi connectivity index (χ3n) is 3.72. The predicted octanol–water partition coefficient (Wildman–Crippen LogP) is 4.11. The number of halogens is 1. The third kappa shape index (κ3) is 2.85. The summed E-state index contributed by atoms with van der Waals surface area (Å²) in [5.74, 6) is -0.227. The molecule has 2 heteroatoms. The Morgan fingerprint density at radius 1 is 1.05 bits per heavy atom. The summed E-state index contributed by atoms with van der Waals surface area (Å²) in [7, 11) is 0. The van der Waals surface area contributed by atoms with Crippen LogP contribution >= 0.6 is 0 Å². The molecule has 1 unspecified atom stereocenters. The standard InChI is InChI=1S/C17H20FN/c1-12-9-13(11-15(18)10-12)16(19)17(2,3)14-7-5-4-6-8-14/h4-11,16H,19H2,1-3H3. The highest BCUT2D eigenvalue weighted by Gasteiger charge is 2.29. The number of aryl methyl sites for hydroxylation is 1. The van der Waals surface area contributed by atoms with Crippen molar-refractivity contribution in [1.82, 2.24) is 0 Å². The first kappa shape index (κ1) is 13.8. The van der Waals surface area contributed by atoms with Gasteiger partial charge >= 0.3 is 0 Å². The summed E-state index contributed by atoms with van der Waals surface area (Å²) in [5.41, 5.74) is 9.02. The van der Waals surface area contributed by atoms with E-state index in [1.807, 2.05) is 31.2 Å². The molecular weight excluding hydrogens is 237 g/mol. The lowest BCUT2D eigenvalue weighted by Crippen LogP contribution is -2.33. The summed E-state index contributed by atoms with van der Waals surface area (Å²) in [6.07, 6.45) is 0. The molecule has 2 N–H and O–H groups in total. The van der Waals surface area contributed by atoms with Crippen molar-refractivity contribution >= 4 is 0 Å². The molecule has 0 aliphatic rings. The lowest BCUT2D eigenvalue weighted by Gasteiger charge is -2.32. The number of hydrogen-bond acceptors (Lipinski definition) is 1. The molecule has 1 atom stereocenters. The fourth-order valence-corrected chi connectivity index (χ4v) is 2.41. The van der Waals surface area contributed by atoms with Gasteiger partial charge in [-0.15, -0.1) is 0 Å². The van der Waals surface area contributed by atoms with Gasteiger partial charge in [0.25, 0.3) is 0 Å². The third-order valence-corrected chi connectivity index (χ3v) is 3.72.